The Kier molecular flexibility index (Phi) is 5.57. The van der Waals surface area contributed by atoms with E-state index in [4.69, 9.17) is 0 Å². The number of aromatic nitrogens is 2. The SMILES string of the molecule is Cc1nn(-c2ccccc2)c(C)c1CC(=O)N(C)Cc1ccccc1Br. The van der Waals surface area contributed by atoms with Gasteiger partial charge in [0.1, 0.15) is 0 Å². The van der Waals surface area contributed by atoms with E-state index >= 15 is 0 Å². The number of para-hydroxylation sites is 1. The number of nitrogens with zero attached hydrogens (tertiary/aromatic N) is 3. The Bertz CT molecular complexity index is 918. The van der Waals surface area contributed by atoms with Gasteiger partial charge in [-0.25, -0.2) is 4.68 Å². The van der Waals surface area contributed by atoms with Gasteiger partial charge < -0.3 is 4.90 Å². The summed E-state index contributed by atoms with van der Waals surface area (Å²) in [6, 6.07) is 18.0. The van der Waals surface area contributed by atoms with Gasteiger partial charge in [-0.3, -0.25) is 4.79 Å². The van der Waals surface area contributed by atoms with Gasteiger partial charge in [-0.2, -0.15) is 5.10 Å². The van der Waals surface area contributed by atoms with E-state index in [1.54, 1.807) is 4.90 Å². The third kappa shape index (κ3) is 3.88. The predicted molar refractivity (Wildman–Crippen MR) is 107 cm³/mol. The molecule has 4 nitrogen and oxygen atoms in total. The van der Waals surface area contributed by atoms with Crippen molar-refractivity contribution in [2.24, 2.45) is 0 Å². The molecule has 0 N–H and O–H groups in total. The molecule has 26 heavy (non-hydrogen) atoms. The predicted octanol–water partition coefficient (Wildman–Crippen LogP) is 4.45. The zero-order chi connectivity index (χ0) is 18.7. The van der Waals surface area contributed by atoms with Gasteiger partial charge in [0.05, 0.1) is 17.8 Å². The van der Waals surface area contributed by atoms with Gasteiger partial charge in [0.25, 0.3) is 0 Å². The van der Waals surface area contributed by atoms with Gasteiger partial charge in [-0.15, -0.1) is 0 Å². The van der Waals surface area contributed by atoms with Crippen LogP contribution in [0.4, 0.5) is 0 Å². The van der Waals surface area contributed by atoms with Crippen LogP contribution in [-0.2, 0) is 17.8 Å². The number of hydrogen-bond acceptors (Lipinski definition) is 2. The van der Waals surface area contributed by atoms with Crippen LogP contribution in [0.2, 0.25) is 0 Å². The van der Waals surface area contributed by atoms with Gasteiger partial charge >= 0.3 is 0 Å². The quantitative estimate of drug-likeness (QED) is 0.621. The van der Waals surface area contributed by atoms with E-state index in [2.05, 4.69) is 21.0 Å². The minimum atomic E-state index is 0.0829. The fraction of sp³-hybridized carbons (Fsp3) is 0.238. The number of rotatable bonds is 5. The smallest absolute Gasteiger partial charge is 0.227 e. The van der Waals surface area contributed by atoms with Crippen LogP contribution in [0.3, 0.4) is 0 Å². The molecule has 134 valence electrons. The van der Waals surface area contributed by atoms with Crippen molar-refractivity contribution >= 4 is 21.8 Å². The molecule has 0 radical (unpaired) electrons. The molecule has 0 fully saturated rings. The van der Waals surface area contributed by atoms with Crippen LogP contribution in [0.5, 0.6) is 0 Å². The summed E-state index contributed by atoms with van der Waals surface area (Å²) < 4.78 is 2.93. The zero-order valence-corrected chi connectivity index (χ0v) is 16.8. The summed E-state index contributed by atoms with van der Waals surface area (Å²) >= 11 is 3.54. The number of amides is 1. The summed E-state index contributed by atoms with van der Waals surface area (Å²) in [7, 11) is 1.84. The van der Waals surface area contributed by atoms with Crippen molar-refractivity contribution in [2.45, 2.75) is 26.8 Å². The Morgan fingerprint density at radius 2 is 1.73 bits per heavy atom. The van der Waals surface area contributed by atoms with E-state index in [1.807, 2.05) is 80.2 Å². The molecule has 0 atom stereocenters. The maximum atomic E-state index is 12.8. The highest BCUT2D eigenvalue weighted by Gasteiger charge is 2.18. The molecular formula is C21H22BrN3O. The van der Waals surface area contributed by atoms with Gasteiger partial charge in [0.2, 0.25) is 5.91 Å². The zero-order valence-electron chi connectivity index (χ0n) is 15.2. The van der Waals surface area contributed by atoms with E-state index in [9.17, 15) is 4.79 Å². The van der Waals surface area contributed by atoms with Crippen LogP contribution in [0.25, 0.3) is 5.69 Å². The average molecular weight is 412 g/mol. The molecule has 0 aliphatic carbocycles. The lowest BCUT2D eigenvalue weighted by atomic mass is 10.1. The summed E-state index contributed by atoms with van der Waals surface area (Å²) in [5.41, 5.74) is 5.01. The molecule has 3 aromatic rings. The second-order valence-corrected chi connectivity index (χ2v) is 7.27. The van der Waals surface area contributed by atoms with Crippen LogP contribution in [0, 0.1) is 13.8 Å². The van der Waals surface area contributed by atoms with Crippen molar-refractivity contribution in [3.05, 3.63) is 81.6 Å². The second-order valence-electron chi connectivity index (χ2n) is 6.41. The van der Waals surface area contributed by atoms with E-state index < -0.39 is 0 Å². The van der Waals surface area contributed by atoms with Crippen molar-refractivity contribution < 1.29 is 4.79 Å². The molecule has 2 aromatic carbocycles. The molecule has 3 rings (SSSR count). The summed E-state index contributed by atoms with van der Waals surface area (Å²) in [4.78, 5) is 14.5. The Balaban J connectivity index is 1.77. The average Bonchev–Trinajstić information content (AvgIpc) is 2.92. The van der Waals surface area contributed by atoms with Crippen molar-refractivity contribution in [3.63, 3.8) is 0 Å². The minimum absolute atomic E-state index is 0.0829. The van der Waals surface area contributed by atoms with Gasteiger partial charge in [-0.1, -0.05) is 52.3 Å². The molecule has 1 amide bonds. The third-order valence-corrected chi connectivity index (χ3v) is 5.33. The Hall–Kier alpha value is -2.40. The maximum absolute atomic E-state index is 12.8. The van der Waals surface area contributed by atoms with Gasteiger partial charge in [0, 0.05) is 29.3 Å². The molecule has 1 aromatic heterocycles. The van der Waals surface area contributed by atoms with Gasteiger partial charge in [0.15, 0.2) is 0 Å². The number of carbonyl (C=O) groups excluding carboxylic acids is 1. The normalized spacial score (nSPS) is 10.8. The Morgan fingerprint density at radius 3 is 2.42 bits per heavy atom. The standard InChI is InChI=1S/C21H22BrN3O/c1-15-19(16(2)25(23-15)18-10-5-4-6-11-18)13-21(26)24(3)14-17-9-7-8-12-20(17)22/h4-12H,13-14H2,1-3H3. The first-order valence-corrected chi connectivity index (χ1v) is 9.34. The fourth-order valence-electron chi connectivity index (χ4n) is 3.01. The van der Waals surface area contributed by atoms with Crippen LogP contribution >= 0.6 is 15.9 Å². The number of hydrogen-bond donors (Lipinski definition) is 0. The van der Waals surface area contributed by atoms with E-state index in [0.29, 0.717) is 13.0 Å². The molecule has 5 heteroatoms. The first-order chi connectivity index (χ1) is 12.5. The van der Waals surface area contributed by atoms with Crippen molar-refractivity contribution in [1.82, 2.24) is 14.7 Å². The van der Waals surface area contributed by atoms with Crippen LogP contribution in [-0.4, -0.2) is 27.6 Å². The van der Waals surface area contributed by atoms with E-state index in [-0.39, 0.29) is 5.91 Å². The summed E-state index contributed by atoms with van der Waals surface area (Å²) in [5, 5.41) is 4.63. The van der Waals surface area contributed by atoms with Crippen molar-refractivity contribution in [3.8, 4) is 5.69 Å². The highest BCUT2D eigenvalue weighted by Crippen LogP contribution is 2.21. The lowest BCUT2D eigenvalue weighted by Crippen LogP contribution is -2.28. The summed E-state index contributed by atoms with van der Waals surface area (Å²) in [5.74, 6) is 0.0829. The molecule has 0 aliphatic heterocycles. The monoisotopic (exact) mass is 411 g/mol. The number of aryl methyl sites for hydroxylation is 1. The first kappa shape index (κ1) is 18.4. The lowest BCUT2D eigenvalue weighted by Gasteiger charge is -2.18. The number of carbonyl (C=O) groups is 1. The van der Waals surface area contributed by atoms with Crippen LogP contribution in [0.1, 0.15) is 22.5 Å². The van der Waals surface area contributed by atoms with Crippen LogP contribution < -0.4 is 0 Å². The van der Waals surface area contributed by atoms with E-state index in [0.717, 1.165) is 32.7 Å². The third-order valence-electron chi connectivity index (χ3n) is 4.56. The highest BCUT2D eigenvalue weighted by molar-refractivity contribution is 9.10. The van der Waals surface area contributed by atoms with Crippen molar-refractivity contribution in [1.29, 1.82) is 0 Å². The molecule has 0 unspecified atom stereocenters. The molecular weight excluding hydrogens is 390 g/mol. The molecule has 0 aliphatic rings. The lowest BCUT2D eigenvalue weighted by molar-refractivity contribution is -0.129. The fourth-order valence-corrected chi connectivity index (χ4v) is 3.42. The topological polar surface area (TPSA) is 38.1 Å². The number of likely N-dealkylation sites (N-methyl/N-ethyl adjacent to an activating group) is 1. The molecule has 1 heterocycles. The summed E-state index contributed by atoms with van der Waals surface area (Å²) in [6.07, 6.45) is 0.353. The second kappa shape index (κ2) is 7.87. The minimum Gasteiger partial charge on any atom is -0.341 e. The first-order valence-electron chi connectivity index (χ1n) is 8.55. The number of benzene rings is 2. The molecule has 0 saturated heterocycles. The Morgan fingerprint density at radius 1 is 1.08 bits per heavy atom. The maximum Gasteiger partial charge on any atom is 0.227 e. The largest absolute Gasteiger partial charge is 0.341 e. The number of halogens is 1. The molecule has 0 bridgehead atoms. The highest BCUT2D eigenvalue weighted by atomic mass is 79.9. The summed E-state index contributed by atoms with van der Waals surface area (Å²) in [6.45, 7) is 4.55. The molecule has 0 spiro atoms. The Labute approximate surface area is 162 Å². The van der Waals surface area contributed by atoms with E-state index in [1.165, 1.54) is 0 Å². The van der Waals surface area contributed by atoms with Crippen molar-refractivity contribution in [2.75, 3.05) is 7.05 Å². The van der Waals surface area contributed by atoms with Gasteiger partial charge in [-0.05, 0) is 37.6 Å². The van der Waals surface area contributed by atoms with Crippen LogP contribution in [0.15, 0.2) is 59.1 Å². The molecule has 0 saturated carbocycles.